The molecule has 5 nitrogen and oxygen atoms in total. The molecule has 0 fully saturated rings. The summed E-state index contributed by atoms with van der Waals surface area (Å²) < 4.78 is 0. The number of carbonyl (C=O) groups is 2. The highest BCUT2D eigenvalue weighted by Crippen LogP contribution is 2.20. The van der Waals surface area contributed by atoms with Gasteiger partial charge in [0.1, 0.15) is 0 Å². The van der Waals surface area contributed by atoms with E-state index in [1.165, 1.54) is 0 Å². The quantitative estimate of drug-likeness (QED) is 0.710. The molecule has 0 radical (unpaired) electrons. The lowest BCUT2D eigenvalue weighted by atomic mass is 10.1. The molecule has 0 aliphatic rings. The zero-order valence-electron chi connectivity index (χ0n) is 16.3. The van der Waals surface area contributed by atoms with Crippen LogP contribution in [-0.2, 0) is 6.54 Å². The van der Waals surface area contributed by atoms with Gasteiger partial charge in [-0.15, -0.1) is 0 Å². The number of nitrogens with zero attached hydrogens (tertiary/aromatic N) is 2. The highest BCUT2D eigenvalue weighted by molar-refractivity contribution is 6.05. The van der Waals surface area contributed by atoms with Crippen LogP contribution in [0.15, 0.2) is 72.8 Å². The van der Waals surface area contributed by atoms with Crippen LogP contribution in [0, 0.1) is 18.3 Å². The lowest BCUT2D eigenvalue weighted by molar-refractivity contribution is 0.0784. The smallest absolute Gasteiger partial charge is 0.255 e. The molecule has 0 heterocycles. The molecule has 0 spiro atoms. The first-order valence-corrected chi connectivity index (χ1v) is 9.19. The van der Waals surface area contributed by atoms with Crippen molar-refractivity contribution in [3.63, 3.8) is 0 Å². The first kappa shape index (κ1) is 19.8. The topological polar surface area (TPSA) is 73.2 Å². The van der Waals surface area contributed by atoms with Crippen LogP contribution in [0.3, 0.4) is 0 Å². The van der Waals surface area contributed by atoms with Crippen LogP contribution in [0.4, 0.5) is 5.69 Å². The average Bonchev–Trinajstić information content (AvgIpc) is 2.75. The van der Waals surface area contributed by atoms with Crippen LogP contribution in [0.2, 0.25) is 0 Å². The number of anilines is 1. The minimum absolute atomic E-state index is 0.164. The van der Waals surface area contributed by atoms with Gasteiger partial charge >= 0.3 is 0 Å². The average molecular weight is 383 g/mol. The molecule has 0 aromatic heterocycles. The van der Waals surface area contributed by atoms with Crippen LogP contribution in [0.25, 0.3) is 0 Å². The van der Waals surface area contributed by atoms with Gasteiger partial charge in [-0.1, -0.05) is 36.4 Å². The van der Waals surface area contributed by atoms with E-state index < -0.39 is 0 Å². The number of hydrogen-bond donors (Lipinski definition) is 1. The van der Waals surface area contributed by atoms with E-state index in [9.17, 15) is 9.59 Å². The van der Waals surface area contributed by atoms with Crippen LogP contribution >= 0.6 is 0 Å². The molecule has 144 valence electrons. The van der Waals surface area contributed by atoms with E-state index in [1.54, 1.807) is 66.5 Å². The van der Waals surface area contributed by atoms with Gasteiger partial charge < -0.3 is 10.2 Å². The Balaban J connectivity index is 1.76. The van der Waals surface area contributed by atoms with Gasteiger partial charge in [0, 0.05) is 30.4 Å². The zero-order chi connectivity index (χ0) is 20.8. The van der Waals surface area contributed by atoms with Crippen molar-refractivity contribution in [1.82, 2.24) is 4.90 Å². The largest absolute Gasteiger partial charge is 0.337 e. The maximum Gasteiger partial charge on any atom is 0.255 e. The predicted molar refractivity (Wildman–Crippen MR) is 113 cm³/mol. The Morgan fingerprint density at radius 3 is 2.45 bits per heavy atom. The number of aryl methyl sites for hydroxylation is 1. The van der Waals surface area contributed by atoms with Crippen molar-refractivity contribution in [3.05, 3.63) is 101 Å². The van der Waals surface area contributed by atoms with E-state index in [2.05, 4.69) is 11.4 Å². The molecular formula is C24H21N3O2. The van der Waals surface area contributed by atoms with Crippen molar-refractivity contribution < 1.29 is 9.59 Å². The van der Waals surface area contributed by atoms with E-state index in [0.717, 1.165) is 11.1 Å². The van der Waals surface area contributed by atoms with Crippen molar-refractivity contribution in [2.75, 3.05) is 12.4 Å². The monoisotopic (exact) mass is 383 g/mol. The van der Waals surface area contributed by atoms with Crippen LogP contribution < -0.4 is 5.32 Å². The predicted octanol–water partition coefficient (Wildman–Crippen LogP) is 4.39. The second kappa shape index (κ2) is 8.85. The Kier molecular flexibility index (Phi) is 6.06. The van der Waals surface area contributed by atoms with E-state index >= 15 is 0 Å². The second-order valence-corrected chi connectivity index (χ2v) is 6.82. The standard InChI is InChI=1S/C24H21N3O2/c1-17-11-12-21(14-22(17)26-23(28)20-9-4-3-5-10-20)24(29)27(2)16-19-8-6-7-18(13-19)15-25/h3-14H,16H2,1-2H3,(H,26,28). The summed E-state index contributed by atoms with van der Waals surface area (Å²) in [5.41, 5.74) is 3.95. The highest BCUT2D eigenvalue weighted by atomic mass is 16.2. The Hall–Kier alpha value is -3.91. The van der Waals surface area contributed by atoms with E-state index in [0.29, 0.717) is 28.9 Å². The first-order chi connectivity index (χ1) is 14.0. The number of nitrogens with one attached hydrogen (secondary N) is 1. The Morgan fingerprint density at radius 2 is 1.72 bits per heavy atom. The van der Waals surface area contributed by atoms with Gasteiger partial charge in [-0.2, -0.15) is 5.26 Å². The molecule has 1 N–H and O–H groups in total. The lowest BCUT2D eigenvalue weighted by Crippen LogP contribution is -2.26. The summed E-state index contributed by atoms with van der Waals surface area (Å²) in [5, 5.41) is 11.9. The molecular weight excluding hydrogens is 362 g/mol. The maximum atomic E-state index is 12.9. The van der Waals surface area contributed by atoms with Gasteiger partial charge in [-0.05, 0) is 54.4 Å². The third kappa shape index (κ3) is 4.88. The van der Waals surface area contributed by atoms with Crippen LogP contribution in [-0.4, -0.2) is 23.8 Å². The normalized spacial score (nSPS) is 10.1. The van der Waals surface area contributed by atoms with E-state index in [-0.39, 0.29) is 11.8 Å². The molecule has 0 atom stereocenters. The lowest BCUT2D eigenvalue weighted by Gasteiger charge is -2.18. The Bertz CT molecular complexity index is 1080. The van der Waals surface area contributed by atoms with Gasteiger partial charge in [0.25, 0.3) is 11.8 Å². The van der Waals surface area contributed by atoms with E-state index in [4.69, 9.17) is 5.26 Å². The van der Waals surface area contributed by atoms with Crippen molar-refractivity contribution in [2.45, 2.75) is 13.5 Å². The Morgan fingerprint density at radius 1 is 0.966 bits per heavy atom. The number of nitriles is 1. The number of amides is 2. The fraction of sp³-hybridized carbons (Fsp3) is 0.125. The number of benzene rings is 3. The minimum atomic E-state index is -0.222. The van der Waals surface area contributed by atoms with E-state index in [1.807, 2.05) is 25.1 Å². The molecule has 0 saturated heterocycles. The fourth-order valence-electron chi connectivity index (χ4n) is 2.98. The molecule has 3 rings (SSSR count). The van der Waals surface area contributed by atoms with Crippen LogP contribution in [0.1, 0.15) is 37.4 Å². The first-order valence-electron chi connectivity index (χ1n) is 9.19. The summed E-state index contributed by atoms with van der Waals surface area (Å²) in [7, 11) is 1.71. The summed E-state index contributed by atoms with van der Waals surface area (Å²) in [5.74, 6) is -0.387. The molecule has 0 unspecified atom stereocenters. The number of rotatable bonds is 5. The Labute approximate surface area is 170 Å². The molecule has 0 bridgehead atoms. The van der Waals surface area contributed by atoms with Gasteiger partial charge in [0.2, 0.25) is 0 Å². The molecule has 3 aromatic carbocycles. The zero-order valence-corrected chi connectivity index (χ0v) is 16.3. The summed E-state index contributed by atoms with van der Waals surface area (Å²) in [4.78, 5) is 26.9. The summed E-state index contributed by atoms with van der Waals surface area (Å²) in [6, 6.07) is 23.5. The number of hydrogen-bond acceptors (Lipinski definition) is 3. The third-order valence-corrected chi connectivity index (χ3v) is 4.59. The fourth-order valence-corrected chi connectivity index (χ4v) is 2.98. The second-order valence-electron chi connectivity index (χ2n) is 6.82. The van der Waals surface area contributed by atoms with Crippen LogP contribution in [0.5, 0.6) is 0 Å². The third-order valence-electron chi connectivity index (χ3n) is 4.59. The van der Waals surface area contributed by atoms with Crippen molar-refractivity contribution in [3.8, 4) is 6.07 Å². The van der Waals surface area contributed by atoms with Gasteiger partial charge in [-0.3, -0.25) is 9.59 Å². The summed E-state index contributed by atoms with van der Waals surface area (Å²) in [6.45, 7) is 2.26. The highest BCUT2D eigenvalue weighted by Gasteiger charge is 2.15. The number of carbonyl (C=O) groups excluding carboxylic acids is 2. The molecule has 0 aliphatic carbocycles. The molecule has 29 heavy (non-hydrogen) atoms. The van der Waals surface area contributed by atoms with Crippen molar-refractivity contribution >= 4 is 17.5 Å². The summed E-state index contributed by atoms with van der Waals surface area (Å²) >= 11 is 0. The maximum absolute atomic E-state index is 12.9. The molecule has 3 aromatic rings. The van der Waals surface area contributed by atoms with Gasteiger partial charge in [-0.25, -0.2) is 0 Å². The SMILES string of the molecule is Cc1ccc(C(=O)N(C)Cc2cccc(C#N)c2)cc1NC(=O)c1ccccc1. The van der Waals surface area contributed by atoms with Crippen molar-refractivity contribution in [2.24, 2.45) is 0 Å². The van der Waals surface area contributed by atoms with Crippen molar-refractivity contribution in [1.29, 1.82) is 5.26 Å². The molecule has 0 aliphatic heterocycles. The van der Waals surface area contributed by atoms with Gasteiger partial charge in [0.05, 0.1) is 11.6 Å². The molecule has 2 amide bonds. The minimum Gasteiger partial charge on any atom is -0.337 e. The molecule has 0 saturated carbocycles. The molecule has 5 heteroatoms. The summed E-state index contributed by atoms with van der Waals surface area (Å²) in [6.07, 6.45) is 0. The van der Waals surface area contributed by atoms with Gasteiger partial charge in [0.15, 0.2) is 0 Å².